The number of rotatable bonds is 4. The van der Waals surface area contributed by atoms with E-state index in [1.54, 1.807) is 0 Å². The van der Waals surface area contributed by atoms with E-state index in [1.165, 1.54) is 104 Å². The normalized spacial score (nSPS) is 11.8. The molecule has 1 heteroatoms. The minimum atomic E-state index is 1.17. The lowest BCUT2D eigenvalue weighted by molar-refractivity contribution is 1.18. The first-order chi connectivity index (χ1) is 26.3. The van der Waals surface area contributed by atoms with E-state index in [2.05, 4.69) is 205 Å². The number of hydrogen-bond acceptors (Lipinski definition) is 0. The number of aromatic nitrogens is 1. The Kier molecular flexibility index (Phi) is 6.62. The van der Waals surface area contributed by atoms with Gasteiger partial charge in [-0.1, -0.05) is 152 Å². The lowest BCUT2D eigenvalue weighted by Crippen LogP contribution is -1.93. The van der Waals surface area contributed by atoms with Gasteiger partial charge < -0.3 is 4.57 Å². The molecule has 0 aliphatic carbocycles. The van der Waals surface area contributed by atoms with Crippen LogP contribution in [0.2, 0.25) is 0 Å². The maximum Gasteiger partial charge on any atom is 0.0541 e. The van der Waals surface area contributed by atoms with Gasteiger partial charge in [-0.3, -0.25) is 0 Å². The van der Waals surface area contributed by atoms with Crippen molar-refractivity contribution in [2.45, 2.75) is 0 Å². The Morgan fingerprint density at radius 1 is 0.245 bits per heavy atom. The summed E-state index contributed by atoms with van der Waals surface area (Å²) in [5.74, 6) is 0. The fourth-order valence-corrected chi connectivity index (χ4v) is 8.68. The first-order valence-electron chi connectivity index (χ1n) is 18.3. The summed E-state index contributed by atoms with van der Waals surface area (Å²) in [5.41, 5.74) is 11.0. The van der Waals surface area contributed by atoms with Crippen molar-refractivity contribution in [2.75, 3.05) is 0 Å². The molecule has 1 heterocycles. The molecule has 0 atom stereocenters. The molecule has 0 saturated heterocycles. The van der Waals surface area contributed by atoms with Crippen molar-refractivity contribution in [1.82, 2.24) is 4.57 Å². The second-order valence-electron chi connectivity index (χ2n) is 14.1. The highest BCUT2D eigenvalue weighted by atomic mass is 15.0. The molecule has 0 aliphatic heterocycles. The Hall–Kier alpha value is -6.96. The van der Waals surface area contributed by atoms with Crippen LogP contribution in [0.5, 0.6) is 0 Å². The lowest BCUT2D eigenvalue weighted by Gasteiger charge is -2.19. The topological polar surface area (TPSA) is 4.93 Å². The van der Waals surface area contributed by atoms with E-state index < -0.39 is 0 Å². The summed E-state index contributed by atoms with van der Waals surface area (Å²) in [6.07, 6.45) is 0. The molecule has 11 aromatic rings. The average Bonchev–Trinajstić information content (AvgIpc) is 3.56. The van der Waals surface area contributed by atoms with Crippen molar-refractivity contribution in [2.24, 2.45) is 0 Å². The molecule has 0 spiro atoms. The fourth-order valence-electron chi connectivity index (χ4n) is 8.68. The number of fused-ring (bicyclic) bond motifs is 7. The highest BCUT2D eigenvalue weighted by Gasteiger charge is 2.19. The van der Waals surface area contributed by atoms with Crippen LogP contribution < -0.4 is 0 Å². The van der Waals surface area contributed by atoms with Crippen molar-refractivity contribution in [3.63, 3.8) is 0 Å². The summed E-state index contributed by atoms with van der Waals surface area (Å²) in [6.45, 7) is 0. The predicted octanol–water partition coefficient (Wildman–Crippen LogP) is 14.4. The molecule has 1 aromatic heterocycles. The first-order valence-corrected chi connectivity index (χ1v) is 18.3. The molecule has 1 nitrogen and oxygen atoms in total. The maximum atomic E-state index is 2.44. The van der Waals surface area contributed by atoms with Gasteiger partial charge >= 0.3 is 0 Å². The Labute approximate surface area is 307 Å². The van der Waals surface area contributed by atoms with Crippen LogP contribution in [0.1, 0.15) is 0 Å². The van der Waals surface area contributed by atoms with Crippen LogP contribution in [0.25, 0.3) is 104 Å². The molecule has 53 heavy (non-hydrogen) atoms. The zero-order valence-electron chi connectivity index (χ0n) is 29.0. The second-order valence-corrected chi connectivity index (χ2v) is 14.1. The van der Waals surface area contributed by atoms with Crippen molar-refractivity contribution < 1.29 is 0 Å². The number of para-hydroxylation sites is 2. The second kappa shape index (κ2) is 11.8. The molecule has 10 aromatic carbocycles. The molecule has 0 N–H and O–H groups in total. The Balaban J connectivity index is 1.21. The number of nitrogens with zero attached hydrogens (tertiary/aromatic N) is 1. The zero-order chi connectivity index (χ0) is 34.9. The quantitative estimate of drug-likeness (QED) is 0.164. The van der Waals surface area contributed by atoms with Gasteiger partial charge in [0.1, 0.15) is 0 Å². The van der Waals surface area contributed by atoms with Crippen LogP contribution in [0, 0.1) is 0 Å². The van der Waals surface area contributed by atoms with Crippen molar-refractivity contribution in [1.29, 1.82) is 0 Å². The van der Waals surface area contributed by atoms with Gasteiger partial charge in [-0.15, -0.1) is 0 Å². The van der Waals surface area contributed by atoms with E-state index in [1.807, 2.05) is 0 Å². The molecule has 0 aliphatic rings. The molecular formula is C52H33N. The zero-order valence-corrected chi connectivity index (χ0v) is 29.0. The summed E-state index contributed by atoms with van der Waals surface area (Å²) >= 11 is 0. The molecule has 0 fully saturated rings. The highest BCUT2D eigenvalue weighted by Crippen LogP contribution is 2.46. The van der Waals surface area contributed by atoms with Crippen LogP contribution in [0.4, 0.5) is 0 Å². The monoisotopic (exact) mass is 671 g/mol. The number of hydrogen-bond donors (Lipinski definition) is 0. The minimum Gasteiger partial charge on any atom is -0.309 e. The molecule has 246 valence electrons. The summed E-state index contributed by atoms with van der Waals surface area (Å²) in [6, 6.07) is 73.7. The fraction of sp³-hybridized carbons (Fsp3) is 0. The van der Waals surface area contributed by atoms with Gasteiger partial charge in [-0.05, 0) is 125 Å². The summed E-state index contributed by atoms with van der Waals surface area (Å²) in [5, 5.41) is 12.6. The third-order valence-electron chi connectivity index (χ3n) is 11.1. The summed E-state index contributed by atoms with van der Waals surface area (Å²) in [7, 11) is 0. The van der Waals surface area contributed by atoms with E-state index in [0.717, 1.165) is 0 Å². The van der Waals surface area contributed by atoms with Crippen molar-refractivity contribution >= 4 is 64.9 Å². The molecule has 0 saturated carbocycles. The van der Waals surface area contributed by atoms with Gasteiger partial charge in [0.15, 0.2) is 0 Å². The molecule has 0 bridgehead atoms. The van der Waals surface area contributed by atoms with Gasteiger partial charge in [0.25, 0.3) is 0 Å². The van der Waals surface area contributed by atoms with E-state index in [-0.39, 0.29) is 0 Å². The SMILES string of the molecule is c1ccc(-n2c3ccccc3c3cc(-c4ccc5c(-c6ccc7ccccc7c6)c6ccccc6c(-c6ccc7ccccc7c6)c5c4)ccc32)cc1. The van der Waals surface area contributed by atoms with Crippen LogP contribution in [0.15, 0.2) is 200 Å². The van der Waals surface area contributed by atoms with Crippen molar-refractivity contribution in [3.05, 3.63) is 200 Å². The molecule has 0 unspecified atom stereocenters. The Bertz CT molecular complexity index is 3220. The molecule has 0 amide bonds. The van der Waals surface area contributed by atoms with Gasteiger partial charge in [0.05, 0.1) is 11.0 Å². The maximum absolute atomic E-state index is 2.44. The minimum absolute atomic E-state index is 1.17. The number of benzene rings is 10. The van der Waals surface area contributed by atoms with E-state index in [0.29, 0.717) is 0 Å². The first kappa shape index (κ1) is 29.7. The molecule has 11 rings (SSSR count). The highest BCUT2D eigenvalue weighted by molar-refractivity contribution is 6.23. The molecular weight excluding hydrogens is 639 g/mol. The van der Waals surface area contributed by atoms with E-state index in [9.17, 15) is 0 Å². The van der Waals surface area contributed by atoms with Crippen LogP contribution in [0.3, 0.4) is 0 Å². The van der Waals surface area contributed by atoms with Crippen LogP contribution >= 0.6 is 0 Å². The van der Waals surface area contributed by atoms with Gasteiger partial charge in [-0.25, -0.2) is 0 Å². The van der Waals surface area contributed by atoms with Crippen molar-refractivity contribution in [3.8, 4) is 39.1 Å². The lowest BCUT2D eigenvalue weighted by atomic mass is 9.84. The van der Waals surface area contributed by atoms with Crippen LogP contribution in [-0.4, -0.2) is 4.57 Å². The van der Waals surface area contributed by atoms with Gasteiger partial charge in [0.2, 0.25) is 0 Å². The van der Waals surface area contributed by atoms with Gasteiger partial charge in [0, 0.05) is 16.5 Å². The summed E-state index contributed by atoms with van der Waals surface area (Å²) < 4.78 is 2.38. The third-order valence-corrected chi connectivity index (χ3v) is 11.1. The Morgan fingerprint density at radius 2 is 0.698 bits per heavy atom. The molecule has 0 radical (unpaired) electrons. The largest absolute Gasteiger partial charge is 0.309 e. The third kappa shape index (κ3) is 4.71. The van der Waals surface area contributed by atoms with E-state index in [4.69, 9.17) is 0 Å². The van der Waals surface area contributed by atoms with E-state index >= 15 is 0 Å². The van der Waals surface area contributed by atoms with Gasteiger partial charge in [-0.2, -0.15) is 0 Å². The summed E-state index contributed by atoms with van der Waals surface area (Å²) in [4.78, 5) is 0. The standard InChI is InChI=1S/C52H33N/c1-2-16-42(17-3-1)53-49-21-11-10-18-43(49)47-32-39(27-29-50(47)53)38-26-28-46-48(33-38)52(41-25-23-35-13-5-7-15-37(35)31-41)45-20-9-8-19-44(45)51(46)40-24-22-34-12-4-6-14-36(34)30-40/h1-33H. The average molecular weight is 672 g/mol. The van der Waals surface area contributed by atoms with Crippen LogP contribution in [-0.2, 0) is 0 Å². The predicted molar refractivity (Wildman–Crippen MR) is 227 cm³/mol. The smallest absolute Gasteiger partial charge is 0.0541 e. The Morgan fingerprint density at radius 3 is 1.36 bits per heavy atom.